The quantitative estimate of drug-likeness (QED) is 0.571. The standard InChI is InChI=1S/C17H28N2O2/c1-13(2)21-17-8-7-14(11-16(17)18)5-3-9-19-12-15-6-4-10-20-15/h7-8,11,13,15,19H,3-6,9-10,12,18H2,1-2H3. The molecule has 1 aliphatic rings. The average Bonchev–Trinajstić information content (AvgIpc) is 2.94. The molecule has 1 saturated heterocycles. The van der Waals surface area contributed by atoms with Gasteiger partial charge in [-0.1, -0.05) is 6.07 Å². The van der Waals surface area contributed by atoms with Crippen molar-refractivity contribution in [3.05, 3.63) is 23.8 Å². The van der Waals surface area contributed by atoms with Gasteiger partial charge < -0.3 is 20.5 Å². The maximum Gasteiger partial charge on any atom is 0.142 e. The molecule has 1 aromatic rings. The van der Waals surface area contributed by atoms with Gasteiger partial charge in [-0.15, -0.1) is 0 Å². The van der Waals surface area contributed by atoms with E-state index in [4.69, 9.17) is 15.2 Å². The maximum atomic E-state index is 6.03. The molecule has 2 rings (SSSR count). The van der Waals surface area contributed by atoms with Crippen LogP contribution in [-0.2, 0) is 11.2 Å². The fraction of sp³-hybridized carbons (Fsp3) is 0.647. The Balaban J connectivity index is 1.67. The summed E-state index contributed by atoms with van der Waals surface area (Å²) < 4.78 is 11.2. The number of benzene rings is 1. The molecule has 1 heterocycles. The highest BCUT2D eigenvalue weighted by molar-refractivity contribution is 5.54. The van der Waals surface area contributed by atoms with Crippen LogP contribution in [0.15, 0.2) is 18.2 Å². The molecule has 118 valence electrons. The Morgan fingerprint density at radius 2 is 2.29 bits per heavy atom. The van der Waals surface area contributed by atoms with E-state index in [0.717, 1.165) is 44.0 Å². The average molecular weight is 292 g/mol. The Hall–Kier alpha value is -1.26. The Labute approximate surface area is 128 Å². The molecule has 0 bridgehead atoms. The molecule has 1 unspecified atom stereocenters. The SMILES string of the molecule is CC(C)Oc1ccc(CCCNCC2CCCO2)cc1N. The number of anilines is 1. The molecule has 1 aliphatic heterocycles. The first-order valence-corrected chi connectivity index (χ1v) is 8.02. The van der Waals surface area contributed by atoms with Gasteiger partial charge in [0.05, 0.1) is 17.9 Å². The number of nitrogens with one attached hydrogen (secondary N) is 1. The number of rotatable bonds is 8. The lowest BCUT2D eigenvalue weighted by Crippen LogP contribution is -2.27. The Kier molecular flexibility index (Phi) is 6.33. The summed E-state index contributed by atoms with van der Waals surface area (Å²) in [6, 6.07) is 6.11. The van der Waals surface area contributed by atoms with Crippen LogP contribution in [0, 0.1) is 0 Å². The van der Waals surface area contributed by atoms with Crippen molar-refractivity contribution in [2.24, 2.45) is 0 Å². The van der Waals surface area contributed by atoms with Gasteiger partial charge in [0, 0.05) is 13.2 Å². The lowest BCUT2D eigenvalue weighted by atomic mass is 10.1. The molecule has 1 fully saturated rings. The lowest BCUT2D eigenvalue weighted by molar-refractivity contribution is 0.110. The van der Waals surface area contributed by atoms with E-state index >= 15 is 0 Å². The van der Waals surface area contributed by atoms with Crippen molar-refractivity contribution in [1.29, 1.82) is 0 Å². The van der Waals surface area contributed by atoms with Crippen molar-refractivity contribution in [2.75, 3.05) is 25.4 Å². The summed E-state index contributed by atoms with van der Waals surface area (Å²) >= 11 is 0. The number of nitrogen functional groups attached to an aromatic ring is 1. The normalized spacial score (nSPS) is 18.3. The molecule has 0 aromatic heterocycles. The van der Waals surface area contributed by atoms with Crippen molar-refractivity contribution in [3.63, 3.8) is 0 Å². The van der Waals surface area contributed by atoms with Crippen LogP contribution in [-0.4, -0.2) is 31.9 Å². The largest absolute Gasteiger partial charge is 0.489 e. The van der Waals surface area contributed by atoms with E-state index in [9.17, 15) is 0 Å². The van der Waals surface area contributed by atoms with E-state index in [1.165, 1.54) is 18.4 Å². The third-order valence-corrected chi connectivity index (χ3v) is 3.65. The lowest BCUT2D eigenvalue weighted by Gasteiger charge is -2.13. The first-order valence-electron chi connectivity index (χ1n) is 8.02. The fourth-order valence-electron chi connectivity index (χ4n) is 2.60. The van der Waals surface area contributed by atoms with Crippen molar-refractivity contribution < 1.29 is 9.47 Å². The van der Waals surface area contributed by atoms with Gasteiger partial charge in [0.1, 0.15) is 5.75 Å². The van der Waals surface area contributed by atoms with Crippen LogP contribution in [0.2, 0.25) is 0 Å². The van der Waals surface area contributed by atoms with E-state index in [0.29, 0.717) is 6.10 Å². The molecule has 0 amide bonds. The van der Waals surface area contributed by atoms with Crippen molar-refractivity contribution in [3.8, 4) is 5.75 Å². The molecule has 3 N–H and O–H groups in total. The van der Waals surface area contributed by atoms with E-state index in [1.54, 1.807) is 0 Å². The predicted octanol–water partition coefficient (Wildman–Crippen LogP) is 2.76. The molecule has 1 aromatic carbocycles. The second kappa shape index (κ2) is 8.25. The predicted molar refractivity (Wildman–Crippen MR) is 86.8 cm³/mol. The van der Waals surface area contributed by atoms with Crippen LogP contribution in [0.5, 0.6) is 5.75 Å². The molecular formula is C17H28N2O2. The number of aryl methyl sites for hydroxylation is 1. The van der Waals surface area contributed by atoms with Gasteiger partial charge in [0.25, 0.3) is 0 Å². The second-order valence-corrected chi connectivity index (χ2v) is 5.98. The van der Waals surface area contributed by atoms with E-state index in [2.05, 4.69) is 11.4 Å². The monoisotopic (exact) mass is 292 g/mol. The Morgan fingerprint density at radius 3 is 2.95 bits per heavy atom. The third-order valence-electron chi connectivity index (χ3n) is 3.65. The Bertz CT molecular complexity index is 429. The highest BCUT2D eigenvalue weighted by Gasteiger charge is 2.14. The van der Waals surface area contributed by atoms with Gasteiger partial charge in [-0.3, -0.25) is 0 Å². The summed E-state index contributed by atoms with van der Waals surface area (Å²) in [5.74, 6) is 0.783. The van der Waals surface area contributed by atoms with Crippen LogP contribution >= 0.6 is 0 Å². The summed E-state index contributed by atoms with van der Waals surface area (Å²) in [5.41, 5.74) is 8.02. The van der Waals surface area contributed by atoms with E-state index < -0.39 is 0 Å². The minimum Gasteiger partial charge on any atom is -0.489 e. The van der Waals surface area contributed by atoms with Crippen molar-refractivity contribution >= 4 is 5.69 Å². The van der Waals surface area contributed by atoms with Gasteiger partial charge in [0.15, 0.2) is 0 Å². The zero-order valence-corrected chi connectivity index (χ0v) is 13.2. The smallest absolute Gasteiger partial charge is 0.142 e. The molecular weight excluding hydrogens is 264 g/mol. The van der Waals surface area contributed by atoms with Gasteiger partial charge in [-0.25, -0.2) is 0 Å². The molecule has 0 aliphatic carbocycles. The molecule has 0 radical (unpaired) electrons. The van der Waals surface area contributed by atoms with E-state index in [1.807, 2.05) is 26.0 Å². The second-order valence-electron chi connectivity index (χ2n) is 5.98. The first-order chi connectivity index (χ1) is 10.1. The number of hydrogen-bond acceptors (Lipinski definition) is 4. The zero-order chi connectivity index (χ0) is 15.1. The van der Waals surface area contributed by atoms with Gasteiger partial charge in [-0.05, 0) is 63.8 Å². The van der Waals surface area contributed by atoms with Crippen LogP contribution in [0.25, 0.3) is 0 Å². The van der Waals surface area contributed by atoms with Gasteiger partial charge >= 0.3 is 0 Å². The summed E-state index contributed by atoms with van der Waals surface area (Å²) in [6.45, 7) is 6.93. The summed E-state index contributed by atoms with van der Waals surface area (Å²) in [7, 11) is 0. The first kappa shape index (κ1) is 16.1. The van der Waals surface area contributed by atoms with Crippen LogP contribution < -0.4 is 15.8 Å². The molecule has 4 heteroatoms. The number of ether oxygens (including phenoxy) is 2. The third kappa shape index (κ3) is 5.56. The van der Waals surface area contributed by atoms with Crippen LogP contribution in [0.4, 0.5) is 5.69 Å². The zero-order valence-electron chi connectivity index (χ0n) is 13.2. The minimum atomic E-state index is 0.153. The minimum absolute atomic E-state index is 0.153. The van der Waals surface area contributed by atoms with Crippen molar-refractivity contribution in [1.82, 2.24) is 5.32 Å². The van der Waals surface area contributed by atoms with Gasteiger partial charge in [0.2, 0.25) is 0 Å². The Morgan fingerprint density at radius 1 is 1.43 bits per heavy atom. The maximum absolute atomic E-state index is 6.03. The summed E-state index contributed by atoms with van der Waals surface area (Å²) in [6.07, 6.45) is 5.12. The molecule has 0 saturated carbocycles. The molecule has 0 spiro atoms. The molecule has 1 atom stereocenters. The highest BCUT2D eigenvalue weighted by Crippen LogP contribution is 2.24. The van der Waals surface area contributed by atoms with Crippen molar-refractivity contribution in [2.45, 2.75) is 51.7 Å². The summed E-state index contributed by atoms with van der Waals surface area (Å²) in [5, 5.41) is 3.47. The van der Waals surface area contributed by atoms with Crippen LogP contribution in [0.1, 0.15) is 38.7 Å². The number of nitrogens with two attached hydrogens (primary N) is 1. The summed E-state index contributed by atoms with van der Waals surface area (Å²) in [4.78, 5) is 0. The molecule has 21 heavy (non-hydrogen) atoms. The van der Waals surface area contributed by atoms with Gasteiger partial charge in [-0.2, -0.15) is 0 Å². The van der Waals surface area contributed by atoms with Crippen LogP contribution in [0.3, 0.4) is 0 Å². The van der Waals surface area contributed by atoms with E-state index in [-0.39, 0.29) is 6.10 Å². The fourth-order valence-corrected chi connectivity index (χ4v) is 2.60. The highest BCUT2D eigenvalue weighted by atomic mass is 16.5. The topological polar surface area (TPSA) is 56.5 Å². The molecule has 4 nitrogen and oxygen atoms in total. The number of hydrogen-bond donors (Lipinski definition) is 2.